The predicted molar refractivity (Wildman–Crippen MR) is 131 cm³/mol. The minimum atomic E-state index is -0.376. The molecule has 2 N–H and O–H groups in total. The van der Waals surface area contributed by atoms with E-state index in [0.717, 1.165) is 5.75 Å². The summed E-state index contributed by atoms with van der Waals surface area (Å²) in [7, 11) is 4.89. The average molecular weight is 546 g/mol. The fraction of sp³-hybridized carbons (Fsp3) is 0.333. The number of likely N-dealkylation sites (N-methyl/N-ethyl adjacent to an activating group) is 1. The first-order valence-electron chi connectivity index (χ1n) is 9.21. The number of hydrogen-bond donors (Lipinski definition) is 2. The molecule has 164 valence electrons. The van der Waals surface area contributed by atoms with Crippen molar-refractivity contribution in [3.63, 3.8) is 0 Å². The summed E-state index contributed by atoms with van der Waals surface area (Å²) >= 11 is 1.73. The molecule has 9 heteroatoms. The highest BCUT2D eigenvalue weighted by Gasteiger charge is 2.07. The second kappa shape index (κ2) is 14.1. The van der Waals surface area contributed by atoms with Crippen LogP contribution >= 0.6 is 35.7 Å². The molecule has 0 atom stereocenters. The Balaban J connectivity index is 0.00000450. The average Bonchev–Trinajstić information content (AvgIpc) is 2.72. The third-order valence-corrected chi connectivity index (χ3v) is 4.91. The summed E-state index contributed by atoms with van der Waals surface area (Å²) in [6.07, 6.45) is 0. The number of thioether (sulfide) groups is 1. The van der Waals surface area contributed by atoms with Crippen molar-refractivity contribution in [3.8, 4) is 5.75 Å². The van der Waals surface area contributed by atoms with Gasteiger partial charge in [-0.2, -0.15) is 0 Å². The summed E-state index contributed by atoms with van der Waals surface area (Å²) in [5, 5.41) is 6.25. The van der Waals surface area contributed by atoms with Gasteiger partial charge in [0.25, 0.3) is 0 Å². The molecule has 0 aliphatic rings. The van der Waals surface area contributed by atoms with Crippen LogP contribution in [0.3, 0.4) is 0 Å². The number of benzene rings is 2. The van der Waals surface area contributed by atoms with E-state index >= 15 is 0 Å². The molecule has 1 amide bonds. The predicted octanol–water partition coefficient (Wildman–Crippen LogP) is 3.37. The van der Waals surface area contributed by atoms with Crippen molar-refractivity contribution >= 4 is 47.6 Å². The number of carbonyl (C=O) groups excluding carboxylic acids is 1. The Kier molecular flexibility index (Phi) is 12.2. The molecule has 0 heterocycles. The van der Waals surface area contributed by atoms with Gasteiger partial charge in [-0.1, -0.05) is 18.2 Å². The Morgan fingerprint density at radius 2 is 1.90 bits per heavy atom. The fourth-order valence-electron chi connectivity index (χ4n) is 2.35. The Morgan fingerprint density at radius 1 is 1.17 bits per heavy atom. The van der Waals surface area contributed by atoms with E-state index in [9.17, 15) is 9.18 Å². The molecule has 0 aliphatic heterocycles. The van der Waals surface area contributed by atoms with E-state index < -0.39 is 0 Å². The molecule has 0 saturated heterocycles. The van der Waals surface area contributed by atoms with Crippen LogP contribution in [0.4, 0.5) is 4.39 Å². The number of ether oxygens (including phenoxy) is 1. The van der Waals surface area contributed by atoms with Gasteiger partial charge in [0.1, 0.15) is 11.6 Å². The maximum atomic E-state index is 13.7. The SMILES string of the molecule is COc1cc(F)cc(CN=C(NCCSc2ccccc2)NCC(=O)N(C)C)c1.I. The van der Waals surface area contributed by atoms with Gasteiger partial charge in [-0.05, 0) is 29.8 Å². The van der Waals surface area contributed by atoms with Gasteiger partial charge < -0.3 is 20.3 Å². The Morgan fingerprint density at radius 3 is 2.57 bits per heavy atom. The van der Waals surface area contributed by atoms with Crippen LogP contribution in [0.2, 0.25) is 0 Å². The first-order valence-corrected chi connectivity index (χ1v) is 10.2. The third-order valence-electron chi connectivity index (χ3n) is 3.90. The number of hydrogen-bond acceptors (Lipinski definition) is 4. The quantitative estimate of drug-likeness (QED) is 0.166. The van der Waals surface area contributed by atoms with Crippen LogP contribution in [-0.2, 0) is 11.3 Å². The lowest BCUT2D eigenvalue weighted by molar-refractivity contribution is -0.127. The van der Waals surface area contributed by atoms with E-state index in [1.54, 1.807) is 31.9 Å². The highest BCUT2D eigenvalue weighted by Crippen LogP contribution is 2.17. The molecule has 0 aromatic heterocycles. The molecular formula is C21H28FIN4O2S. The van der Waals surface area contributed by atoms with Gasteiger partial charge in [0.05, 0.1) is 20.2 Å². The molecular weight excluding hydrogens is 518 g/mol. The molecule has 2 aromatic carbocycles. The molecule has 0 aliphatic carbocycles. The third kappa shape index (κ3) is 9.66. The number of amides is 1. The maximum absolute atomic E-state index is 13.7. The van der Waals surface area contributed by atoms with Crippen LogP contribution < -0.4 is 15.4 Å². The normalized spacial score (nSPS) is 10.7. The van der Waals surface area contributed by atoms with Gasteiger partial charge in [-0.15, -0.1) is 35.7 Å². The van der Waals surface area contributed by atoms with Gasteiger partial charge in [0, 0.05) is 37.4 Å². The van der Waals surface area contributed by atoms with Crippen molar-refractivity contribution in [2.24, 2.45) is 4.99 Å². The summed E-state index contributed by atoms with van der Waals surface area (Å²) in [6.45, 7) is 1.04. The summed E-state index contributed by atoms with van der Waals surface area (Å²) in [5.74, 6) is 1.33. The number of carbonyl (C=O) groups is 1. The molecule has 0 fully saturated rings. The zero-order valence-electron chi connectivity index (χ0n) is 17.4. The first kappa shape index (κ1) is 26.0. The molecule has 2 aromatic rings. The second-order valence-corrected chi connectivity index (χ2v) is 7.56. The molecule has 0 spiro atoms. The zero-order valence-corrected chi connectivity index (χ0v) is 20.5. The Bertz CT molecular complexity index is 822. The number of halogens is 2. The summed E-state index contributed by atoms with van der Waals surface area (Å²) in [6, 6.07) is 14.6. The van der Waals surface area contributed by atoms with Gasteiger partial charge in [-0.25, -0.2) is 9.38 Å². The zero-order chi connectivity index (χ0) is 21.1. The monoisotopic (exact) mass is 546 g/mol. The van der Waals surface area contributed by atoms with Crippen molar-refractivity contribution in [1.29, 1.82) is 0 Å². The molecule has 0 saturated carbocycles. The van der Waals surface area contributed by atoms with E-state index in [0.29, 0.717) is 23.8 Å². The lowest BCUT2D eigenvalue weighted by Crippen LogP contribution is -2.43. The van der Waals surface area contributed by atoms with Crippen molar-refractivity contribution < 1.29 is 13.9 Å². The largest absolute Gasteiger partial charge is 0.497 e. The second-order valence-electron chi connectivity index (χ2n) is 6.39. The van der Waals surface area contributed by atoms with Crippen LogP contribution in [0.5, 0.6) is 5.75 Å². The smallest absolute Gasteiger partial charge is 0.241 e. The maximum Gasteiger partial charge on any atom is 0.241 e. The van der Waals surface area contributed by atoms with Crippen LogP contribution in [-0.4, -0.2) is 56.8 Å². The van der Waals surface area contributed by atoms with Crippen molar-refractivity contribution in [3.05, 3.63) is 59.9 Å². The van der Waals surface area contributed by atoms with Gasteiger partial charge in [-0.3, -0.25) is 4.79 Å². The topological polar surface area (TPSA) is 66.0 Å². The van der Waals surface area contributed by atoms with Crippen LogP contribution in [0, 0.1) is 5.82 Å². The number of aliphatic imine (C=N–C) groups is 1. The standard InChI is InChI=1S/C21H27FN4O2S.HI/c1-26(2)20(27)15-25-21(23-9-10-29-19-7-5-4-6-8-19)24-14-16-11-17(22)13-18(12-16)28-3;/h4-8,11-13H,9-10,14-15H2,1-3H3,(H2,23,24,25);1H. The molecule has 6 nitrogen and oxygen atoms in total. The van der Waals surface area contributed by atoms with E-state index in [-0.39, 0.29) is 48.8 Å². The van der Waals surface area contributed by atoms with Gasteiger partial charge >= 0.3 is 0 Å². The molecule has 0 radical (unpaired) electrons. The summed E-state index contributed by atoms with van der Waals surface area (Å²) < 4.78 is 18.8. The van der Waals surface area contributed by atoms with Crippen LogP contribution in [0.1, 0.15) is 5.56 Å². The number of nitrogens with zero attached hydrogens (tertiary/aromatic N) is 2. The summed E-state index contributed by atoms with van der Waals surface area (Å²) in [5.41, 5.74) is 0.681. The van der Waals surface area contributed by atoms with Gasteiger partial charge in [0.2, 0.25) is 5.91 Å². The number of methoxy groups -OCH3 is 1. The lowest BCUT2D eigenvalue weighted by atomic mass is 10.2. The number of nitrogens with one attached hydrogen (secondary N) is 2. The minimum Gasteiger partial charge on any atom is -0.497 e. The fourth-order valence-corrected chi connectivity index (χ4v) is 3.14. The van der Waals surface area contributed by atoms with Crippen LogP contribution in [0.15, 0.2) is 58.4 Å². The highest BCUT2D eigenvalue weighted by atomic mass is 127. The molecule has 0 unspecified atom stereocenters. The van der Waals surface area contributed by atoms with Gasteiger partial charge in [0.15, 0.2) is 5.96 Å². The molecule has 0 bridgehead atoms. The van der Waals surface area contributed by atoms with Crippen LogP contribution in [0.25, 0.3) is 0 Å². The van der Waals surface area contributed by atoms with Crippen molar-refractivity contribution in [2.75, 3.05) is 40.0 Å². The van der Waals surface area contributed by atoms with E-state index in [4.69, 9.17) is 4.74 Å². The van der Waals surface area contributed by atoms with E-state index in [1.807, 2.05) is 18.2 Å². The van der Waals surface area contributed by atoms with Crippen molar-refractivity contribution in [2.45, 2.75) is 11.4 Å². The first-order chi connectivity index (χ1) is 14.0. The minimum absolute atomic E-state index is 0. The Hall–Kier alpha value is -2.01. The Labute approximate surface area is 198 Å². The lowest BCUT2D eigenvalue weighted by Gasteiger charge is -2.15. The molecule has 2 rings (SSSR count). The number of rotatable bonds is 9. The van der Waals surface area contributed by atoms with Crippen molar-refractivity contribution in [1.82, 2.24) is 15.5 Å². The summed E-state index contributed by atoms with van der Waals surface area (Å²) in [4.78, 5) is 19.1. The number of guanidine groups is 1. The molecule has 30 heavy (non-hydrogen) atoms. The highest BCUT2D eigenvalue weighted by molar-refractivity contribution is 14.0. The van der Waals surface area contributed by atoms with E-state index in [1.165, 1.54) is 29.0 Å². The van der Waals surface area contributed by atoms with E-state index in [2.05, 4.69) is 27.8 Å².